The number of aromatic nitrogens is 3. The Bertz CT molecular complexity index is 1040. The van der Waals surface area contributed by atoms with E-state index < -0.39 is 0 Å². The highest BCUT2D eigenvalue weighted by Gasteiger charge is 2.04. The van der Waals surface area contributed by atoms with Crippen LogP contribution in [-0.4, -0.2) is 21.9 Å². The number of rotatable bonds is 4. The number of nitrogens with zero attached hydrogens (tertiary/aromatic N) is 3. The minimum Gasteiger partial charge on any atom is -0.497 e. The third-order valence-corrected chi connectivity index (χ3v) is 4.11. The molecule has 25 heavy (non-hydrogen) atoms. The van der Waals surface area contributed by atoms with E-state index in [1.54, 1.807) is 19.5 Å². The average molecular weight is 327 g/mol. The predicted octanol–water partition coefficient (Wildman–Crippen LogP) is 4.73. The van der Waals surface area contributed by atoms with E-state index in [9.17, 15) is 0 Å². The lowest BCUT2D eigenvalue weighted by atomic mass is 10.1. The zero-order chi connectivity index (χ0) is 17.1. The molecule has 2 aromatic carbocycles. The van der Waals surface area contributed by atoms with Crippen LogP contribution >= 0.6 is 0 Å². The second-order valence-electron chi connectivity index (χ2n) is 5.69. The lowest BCUT2D eigenvalue weighted by Crippen LogP contribution is -1.89. The van der Waals surface area contributed by atoms with Crippen LogP contribution in [0.3, 0.4) is 0 Å². The van der Waals surface area contributed by atoms with Gasteiger partial charge >= 0.3 is 0 Å². The van der Waals surface area contributed by atoms with Gasteiger partial charge in [0, 0.05) is 24.0 Å². The van der Waals surface area contributed by atoms with E-state index in [1.807, 2.05) is 59.6 Å². The van der Waals surface area contributed by atoms with Gasteiger partial charge in [-0.05, 0) is 53.1 Å². The first kappa shape index (κ1) is 15.1. The largest absolute Gasteiger partial charge is 0.497 e. The Balaban J connectivity index is 1.71. The lowest BCUT2D eigenvalue weighted by molar-refractivity contribution is 0.414. The molecule has 0 aliphatic rings. The van der Waals surface area contributed by atoms with E-state index in [-0.39, 0.29) is 0 Å². The number of benzene rings is 2. The first-order valence-electron chi connectivity index (χ1n) is 8.03. The Kier molecular flexibility index (Phi) is 4.01. The molecule has 2 heterocycles. The summed E-state index contributed by atoms with van der Waals surface area (Å²) in [5, 5.41) is 5.58. The minimum absolute atomic E-state index is 0.840. The summed E-state index contributed by atoms with van der Waals surface area (Å²) in [6.45, 7) is 0. The monoisotopic (exact) mass is 327 g/mol. The van der Waals surface area contributed by atoms with Crippen molar-refractivity contribution in [1.29, 1.82) is 0 Å². The van der Waals surface area contributed by atoms with Gasteiger partial charge < -0.3 is 4.74 Å². The number of hydrogen-bond acceptors (Lipinski definition) is 3. The normalized spacial score (nSPS) is 11.2. The number of pyridine rings is 1. The molecule has 4 rings (SSSR count). The van der Waals surface area contributed by atoms with Gasteiger partial charge in [0.2, 0.25) is 0 Å². The quantitative estimate of drug-likeness (QED) is 0.544. The van der Waals surface area contributed by atoms with Gasteiger partial charge in [-0.2, -0.15) is 5.10 Å². The third-order valence-electron chi connectivity index (χ3n) is 4.11. The average Bonchev–Trinajstić information content (AvgIpc) is 3.09. The molecular weight excluding hydrogens is 310 g/mol. The van der Waals surface area contributed by atoms with Crippen molar-refractivity contribution in [2.45, 2.75) is 0 Å². The number of hydrogen-bond donors (Lipinski definition) is 0. The van der Waals surface area contributed by atoms with E-state index in [0.29, 0.717) is 0 Å². The minimum atomic E-state index is 0.840. The highest BCUT2D eigenvalue weighted by atomic mass is 16.5. The molecule has 0 aliphatic carbocycles. The fourth-order valence-corrected chi connectivity index (χ4v) is 2.78. The predicted molar refractivity (Wildman–Crippen MR) is 101 cm³/mol. The van der Waals surface area contributed by atoms with Crippen molar-refractivity contribution < 1.29 is 4.74 Å². The van der Waals surface area contributed by atoms with E-state index in [0.717, 1.165) is 33.3 Å². The summed E-state index contributed by atoms with van der Waals surface area (Å²) in [6, 6.07) is 18.3. The molecule has 0 saturated heterocycles. The van der Waals surface area contributed by atoms with Gasteiger partial charge in [0.25, 0.3) is 0 Å². The maximum Gasteiger partial charge on any atom is 0.119 e. The van der Waals surface area contributed by atoms with Crippen molar-refractivity contribution in [1.82, 2.24) is 14.8 Å². The number of ether oxygens (including phenoxy) is 1. The molecular formula is C21H17N3O. The van der Waals surface area contributed by atoms with E-state index >= 15 is 0 Å². The summed E-state index contributed by atoms with van der Waals surface area (Å²) in [7, 11) is 1.67. The summed E-state index contributed by atoms with van der Waals surface area (Å²) in [6.07, 6.45) is 9.47. The first-order valence-corrected chi connectivity index (χ1v) is 8.03. The maximum atomic E-state index is 5.27. The van der Waals surface area contributed by atoms with Crippen LogP contribution in [-0.2, 0) is 0 Å². The Morgan fingerprint density at radius 3 is 2.68 bits per heavy atom. The molecule has 4 aromatic rings. The molecule has 0 aliphatic heterocycles. The second-order valence-corrected chi connectivity index (χ2v) is 5.69. The summed E-state index contributed by atoms with van der Waals surface area (Å²) < 4.78 is 7.15. The molecule has 4 heteroatoms. The first-order chi connectivity index (χ1) is 12.3. The van der Waals surface area contributed by atoms with Gasteiger partial charge in [0.15, 0.2) is 0 Å². The maximum absolute atomic E-state index is 5.27. The van der Waals surface area contributed by atoms with Gasteiger partial charge in [0.05, 0.1) is 18.8 Å². The van der Waals surface area contributed by atoms with Crippen LogP contribution in [0, 0.1) is 0 Å². The van der Waals surface area contributed by atoms with Crippen LogP contribution in [0.5, 0.6) is 5.75 Å². The highest BCUT2D eigenvalue weighted by Crippen LogP contribution is 2.24. The van der Waals surface area contributed by atoms with Crippen molar-refractivity contribution in [3.8, 4) is 16.9 Å². The van der Waals surface area contributed by atoms with Gasteiger partial charge in [-0.15, -0.1) is 0 Å². The SMILES string of the molecule is COc1cccc(C=Cn2ncc3ccc(-c4ccncc4)cc32)c1. The van der Waals surface area contributed by atoms with Gasteiger partial charge in [0.1, 0.15) is 5.75 Å². The van der Waals surface area contributed by atoms with E-state index in [2.05, 4.69) is 28.3 Å². The molecule has 4 nitrogen and oxygen atoms in total. The Morgan fingerprint density at radius 1 is 0.960 bits per heavy atom. The van der Waals surface area contributed by atoms with E-state index in [1.165, 1.54) is 0 Å². The topological polar surface area (TPSA) is 39.9 Å². The van der Waals surface area contributed by atoms with Crippen LogP contribution in [0.15, 0.2) is 73.2 Å². The molecule has 0 amide bonds. The van der Waals surface area contributed by atoms with Crippen molar-refractivity contribution in [2.24, 2.45) is 0 Å². The second kappa shape index (κ2) is 6.61. The Labute approximate surface area is 146 Å². The number of methoxy groups -OCH3 is 1. The van der Waals surface area contributed by atoms with Gasteiger partial charge in [-0.1, -0.05) is 24.3 Å². The van der Waals surface area contributed by atoms with Gasteiger partial charge in [-0.3, -0.25) is 4.98 Å². The molecule has 0 fully saturated rings. The molecule has 0 N–H and O–H groups in total. The van der Waals surface area contributed by atoms with Crippen LogP contribution in [0.1, 0.15) is 5.56 Å². The summed E-state index contributed by atoms with van der Waals surface area (Å²) in [4.78, 5) is 4.08. The zero-order valence-electron chi connectivity index (χ0n) is 13.8. The standard InChI is InChI=1S/C21H17N3O/c1-25-20-4-2-3-16(13-20)9-12-24-21-14-18(5-6-19(21)15-23-24)17-7-10-22-11-8-17/h2-15H,1H3. The molecule has 0 saturated carbocycles. The van der Waals surface area contributed by atoms with Crippen molar-refractivity contribution in [3.63, 3.8) is 0 Å². The molecule has 0 bridgehead atoms. The molecule has 122 valence electrons. The van der Waals surface area contributed by atoms with Crippen molar-refractivity contribution >= 4 is 23.2 Å². The molecule has 0 atom stereocenters. The third kappa shape index (κ3) is 3.15. The van der Waals surface area contributed by atoms with Gasteiger partial charge in [-0.25, -0.2) is 4.68 Å². The Morgan fingerprint density at radius 2 is 1.84 bits per heavy atom. The summed E-state index contributed by atoms with van der Waals surface area (Å²) in [5.74, 6) is 0.840. The van der Waals surface area contributed by atoms with Crippen LogP contribution in [0.4, 0.5) is 0 Å². The van der Waals surface area contributed by atoms with Crippen LogP contribution in [0.25, 0.3) is 34.3 Å². The van der Waals surface area contributed by atoms with Crippen LogP contribution < -0.4 is 4.74 Å². The Hall–Kier alpha value is -3.40. The molecule has 0 radical (unpaired) electrons. The fourth-order valence-electron chi connectivity index (χ4n) is 2.78. The summed E-state index contributed by atoms with van der Waals surface area (Å²) >= 11 is 0. The zero-order valence-corrected chi connectivity index (χ0v) is 13.8. The van der Waals surface area contributed by atoms with E-state index in [4.69, 9.17) is 4.74 Å². The highest BCUT2D eigenvalue weighted by molar-refractivity contribution is 5.86. The molecule has 2 aromatic heterocycles. The van der Waals surface area contributed by atoms with Crippen LogP contribution in [0.2, 0.25) is 0 Å². The smallest absolute Gasteiger partial charge is 0.119 e. The lowest BCUT2D eigenvalue weighted by Gasteiger charge is -2.03. The fraction of sp³-hybridized carbons (Fsp3) is 0.0476. The summed E-state index contributed by atoms with van der Waals surface area (Å²) in [5.41, 5.74) is 4.41. The molecule has 0 spiro atoms. The van der Waals surface area contributed by atoms with Crippen molar-refractivity contribution in [2.75, 3.05) is 7.11 Å². The number of fused-ring (bicyclic) bond motifs is 1. The molecule has 0 unspecified atom stereocenters. The van der Waals surface area contributed by atoms with Crippen molar-refractivity contribution in [3.05, 3.63) is 78.8 Å².